The number of rotatable bonds is 7. The third kappa shape index (κ3) is 4.62. The number of aromatic nitrogens is 2. The lowest BCUT2D eigenvalue weighted by molar-refractivity contribution is -0.137. The van der Waals surface area contributed by atoms with E-state index in [0.29, 0.717) is 19.5 Å². The highest BCUT2D eigenvalue weighted by atomic mass is 16.4. The lowest BCUT2D eigenvalue weighted by Crippen LogP contribution is -2.35. The molecule has 0 aliphatic rings. The molecule has 0 aliphatic carbocycles. The van der Waals surface area contributed by atoms with Gasteiger partial charge in [0.25, 0.3) is 0 Å². The number of carboxylic acid groups (broad SMARTS) is 1. The highest BCUT2D eigenvalue weighted by molar-refractivity contribution is 5.74. The zero-order valence-electron chi connectivity index (χ0n) is 12.0. The van der Waals surface area contributed by atoms with E-state index >= 15 is 0 Å². The molecule has 0 saturated heterocycles. The summed E-state index contributed by atoms with van der Waals surface area (Å²) in [6, 6.07) is 7.39. The summed E-state index contributed by atoms with van der Waals surface area (Å²) in [5.74, 6) is -0.864. The summed E-state index contributed by atoms with van der Waals surface area (Å²) in [5, 5.41) is 13.9. The molecule has 1 aromatic heterocycles. The third-order valence-electron chi connectivity index (χ3n) is 3.07. The zero-order chi connectivity index (χ0) is 15.8. The fraction of sp³-hybridized carbons (Fsp3) is 0.267. The number of aliphatic carboxylic acids is 1. The Morgan fingerprint density at radius 1 is 1.23 bits per heavy atom. The van der Waals surface area contributed by atoms with Gasteiger partial charge >= 0.3 is 12.0 Å². The van der Waals surface area contributed by atoms with Crippen molar-refractivity contribution in [2.75, 3.05) is 6.54 Å². The SMILES string of the molecule is O=C(O)CCCNC(=O)NCc1ccccc1-n1ccnc1. The van der Waals surface area contributed by atoms with Gasteiger partial charge in [0.15, 0.2) is 0 Å². The highest BCUT2D eigenvalue weighted by Gasteiger charge is 2.06. The molecule has 0 aliphatic heterocycles. The van der Waals surface area contributed by atoms with Gasteiger partial charge in [-0.25, -0.2) is 9.78 Å². The molecule has 0 bridgehead atoms. The van der Waals surface area contributed by atoms with Crippen LogP contribution in [0.1, 0.15) is 18.4 Å². The number of benzene rings is 1. The van der Waals surface area contributed by atoms with Crippen molar-refractivity contribution in [3.8, 4) is 5.69 Å². The molecule has 2 amide bonds. The van der Waals surface area contributed by atoms with Crippen LogP contribution in [0, 0.1) is 0 Å². The predicted octanol–water partition coefficient (Wildman–Crippen LogP) is 1.54. The number of urea groups is 1. The molecule has 0 saturated carbocycles. The maximum atomic E-state index is 11.7. The number of carbonyl (C=O) groups is 2. The molecule has 1 heterocycles. The molecule has 22 heavy (non-hydrogen) atoms. The minimum Gasteiger partial charge on any atom is -0.481 e. The van der Waals surface area contributed by atoms with E-state index in [1.807, 2.05) is 35.0 Å². The second-order valence-corrected chi connectivity index (χ2v) is 4.71. The summed E-state index contributed by atoms with van der Waals surface area (Å²) >= 11 is 0. The van der Waals surface area contributed by atoms with Crippen molar-refractivity contribution in [2.24, 2.45) is 0 Å². The van der Waals surface area contributed by atoms with E-state index in [1.165, 1.54) is 0 Å². The Bertz CT molecular complexity index is 625. The number of amides is 2. The van der Waals surface area contributed by atoms with Crippen molar-refractivity contribution < 1.29 is 14.7 Å². The van der Waals surface area contributed by atoms with E-state index in [-0.39, 0.29) is 12.5 Å². The molecule has 0 atom stereocenters. The quantitative estimate of drug-likeness (QED) is 0.676. The molecule has 2 aromatic rings. The summed E-state index contributed by atoms with van der Waals surface area (Å²) in [5.41, 5.74) is 1.91. The van der Waals surface area contributed by atoms with Crippen LogP contribution in [0.2, 0.25) is 0 Å². The molecule has 7 heteroatoms. The fourth-order valence-electron chi connectivity index (χ4n) is 1.99. The van der Waals surface area contributed by atoms with Crippen LogP contribution in [0.5, 0.6) is 0 Å². The van der Waals surface area contributed by atoms with Crippen LogP contribution in [-0.4, -0.2) is 33.2 Å². The summed E-state index contributed by atoms with van der Waals surface area (Å²) in [7, 11) is 0. The molecule has 7 nitrogen and oxygen atoms in total. The fourth-order valence-corrected chi connectivity index (χ4v) is 1.99. The molecule has 3 N–H and O–H groups in total. The number of para-hydroxylation sites is 1. The van der Waals surface area contributed by atoms with Gasteiger partial charge in [0, 0.05) is 31.9 Å². The lowest BCUT2D eigenvalue weighted by atomic mass is 10.1. The van der Waals surface area contributed by atoms with Crippen LogP contribution >= 0.6 is 0 Å². The minimum absolute atomic E-state index is 0.0454. The Morgan fingerprint density at radius 3 is 2.77 bits per heavy atom. The Hall–Kier alpha value is -2.83. The number of carbonyl (C=O) groups excluding carboxylic acids is 1. The molecular weight excluding hydrogens is 284 g/mol. The highest BCUT2D eigenvalue weighted by Crippen LogP contribution is 2.13. The van der Waals surface area contributed by atoms with Gasteiger partial charge in [-0.15, -0.1) is 0 Å². The molecule has 0 spiro atoms. The van der Waals surface area contributed by atoms with Crippen LogP contribution in [0.25, 0.3) is 5.69 Å². The first kappa shape index (κ1) is 15.6. The van der Waals surface area contributed by atoms with Gasteiger partial charge in [-0.2, -0.15) is 0 Å². The molecule has 1 aromatic carbocycles. The summed E-state index contributed by atoms with van der Waals surface area (Å²) < 4.78 is 1.88. The molecule has 0 radical (unpaired) electrons. The predicted molar refractivity (Wildman–Crippen MR) is 80.7 cm³/mol. The number of nitrogens with one attached hydrogen (secondary N) is 2. The molecule has 2 rings (SSSR count). The maximum absolute atomic E-state index is 11.7. The van der Waals surface area contributed by atoms with E-state index < -0.39 is 5.97 Å². The molecule has 116 valence electrons. The second-order valence-electron chi connectivity index (χ2n) is 4.71. The van der Waals surface area contributed by atoms with Crippen molar-refractivity contribution >= 4 is 12.0 Å². The summed E-state index contributed by atoms with van der Waals surface area (Å²) in [4.78, 5) is 26.1. The monoisotopic (exact) mass is 302 g/mol. The van der Waals surface area contributed by atoms with Crippen LogP contribution < -0.4 is 10.6 Å². The van der Waals surface area contributed by atoms with Gasteiger partial charge in [0.05, 0.1) is 12.0 Å². The van der Waals surface area contributed by atoms with Crippen molar-refractivity contribution in [2.45, 2.75) is 19.4 Å². The van der Waals surface area contributed by atoms with Gasteiger partial charge in [-0.1, -0.05) is 18.2 Å². The number of carboxylic acids is 1. The van der Waals surface area contributed by atoms with Crippen molar-refractivity contribution in [1.82, 2.24) is 20.2 Å². The van der Waals surface area contributed by atoms with Crippen LogP contribution in [0.3, 0.4) is 0 Å². The van der Waals surface area contributed by atoms with E-state index in [9.17, 15) is 9.59 Å². The normalized spacial score (nSPS) is 10.2. The number of imidazole rings is 1. The van der Waals surface area contributed by atoms with Crippen molar-refractivity contribution in [3.63, 3.8) is 0 Å². The van der Waals surface area contributed by atoms with E-state index in [0.717, 1.165) is 11.3 Å². The van der Waals surface area contributed by atoms with E-state index in [1.54, 1.807) is 12.5 Å². The van der Waals surface area contributed by atoms with Crippen molar-refractivity contribution in [1.29, 1.82) is 0 Å². The number of nitrogens with zero attached hydrogens (tertiary/aromatic N) is 2. The van der Waals surface area contributed by atoms with E-state index in [4.69, 9.17) is 5.11 Å². The summed E-state index contributed by atoms with van der Waals surface area (Å²) in [6.07, 6.45) is 5.69. The molecule has 0 unspecified atom stereocenters. The van der Waals surface area contributed by atoms with Gasteiger partial charge in [0.2, 0.25) is 0 Å². The van der Waals surface area contributed by atoms with E-state index in [2.05, 4.69) is 15.6 Å². The van der Waals surface area contributed by atoms with Gasteiger partial charge < -0.3 is 20.3 Å². The largest absolute Gasteiger partial charge is 0.481 e. The van der Waals surface area contributed by atoms with Crippen molar-refractivity contribution in [3.05, 3.63) is 48.5 Å². The minimum atomic E-state index is -0.864. The van der Waals surface area contributed by atoms with Crippen LogP contribution in [0.4, 0.5) is 4.79 Å². The average molecular weight is 302 g/mol. The Kier molecular flexibility index (Phi) is 5.53. The lowest BCUT2D eigenvalue weighted by Gasteiger charge is -2.11. The number of hydrogen-bond acceptors (Lipinski definition) is 3. The van der Waals surface area contributed by atoms with Gasteiger partial charge in [-0.3, -0.25) is 4.79 Å². The maximum Gasteiger partial charge on any atom is 0.315 e. The Morgan fingerprint density at radius 2 is 2.05 bits per heavy atom. The van der Waals surface area contributed by atoms with Gasteiger partial charge in [0.1, 0.15) is 0 Å². The first-order valence-electron chi connectivity index (χ1n) is 6.96. The number of hydrogen-bond donors (Lipinski definition) is 3. The van der Waals surface area contributed by atoms with Gasteiger partial charge in [-0.05, 0) is 18.1 Å². The average Bonchev–Trinajstić information content (AvgIpc) is 3.04. The smallest absolute Gasteiger partial charge is 0.315 e. The third-order valence-corrected chi connectivity index (χ3v) is 3.07. The zero-order valence-corrected chi connectivity index (χ0v) is 12.0. The van der Waals surface area contributed by atoms with Crippen LogP contribution in [-0.2, 0) is 11.3 Å². The topological polar surface area (TPSA) is 96.3 Å². The first-order chi connectivity index (χ1) is 10.7. The molecule has 0 fully saturated rings. The Balaban J connectivity index is 1.84. The first-order valence-corrected chi connectivity index (χ1v) is 6.96. The standard InChI is InChI=1S/C15H18N4O3/c20-14(21)6-3-7-17-15(22)18-10-12-4-1-2-5-13(12)19-9-8-16-11-19/h1-2,4-5,8-9,11H,3,6-7,10H2,(H,20,21)(H2,17,18,22). The Labute approximate surface area is 128 Å². The second kappa shape index (κ2) is 7.82. The molecular formula is C15H18N4O3. The summed E-state index contributed by atoms with van der Waals surface area (Å²) in [6.45, 7) is 0.709. The van der Waals surface area contributed by atoms with Crippen LogP contribution in [0.15, 0.2) is 43.0 Å².